The number of aromatic carboxylic acids is 1. The number of carboxylic acids is 1. The van der Waals surface area contributed by atoms with Gasteiger partial charge in [0.2, 0.25) is 0 Å². The van der Waals surface area contributed by atoms with Crippen molar-refractivity contribution >= 4 is 5.97 Å². The third-order valence-corrected chi connectivity index (χ3v) is 2.10. The Morgan fingerprint density at radius 2 is 2.06 bits per heavy atom. The van der Waals surface area contributed by atoms with E-state index in [1.807, 2.05) is 0 Å². The topological polar surface area (TPSA) is 81.5 Å². The van der Waals surface area contributed by atoms with Crippen LogP contribution in [0.2, 0.25) is 0 Å². The maximum Gasteiger partial charge on any atom is 0.354 e. The summed E-state index contributed by atoms with van der Waals surface area (Å²) in [5, 5.41) is 8.79. The average molecular weight is 246 g/mol. The quantitative estimate of drug-likeness (QED) is 0.888. The molecule has 1 heterocycles. The number of methoxy groups -OCH3 is 1. The molecule has 0 saturated heterocycles. The summed E-state index contributed by atoms with van der Waals surface area (Å²) in [6, 6.07) is 8.12. The van der Waals surface area contributed by atoms with E-state index in [4.69, 9.17) is 14.6 Å². The van der Waals surface area contributed by atoms with E-state index in [0.717, 1.165) is 0 Å². The molecule has 6 nitrogen and oxygen atoms in total. The lowest BCUT2D eigenvalue weighted by Gasteiger charge is -2.05. The maximum atomic E-state index is 10.7. The Bertz CT molecular complexity index is 572. The first-order valence-electron chi connectivity index (χ1n) is 5.07. The Morgan fingerprint density at radius 3 is 2.78 bits per heavy atom. The second-order valence-corrected chi connectivity index (χ2v) is 3.31. The molecule has 18 heavy (non-hydrogen) atoms. The van der Waals surface area contributed by atoms with Gasteiger partial charge in [-0.1, -0.05) is 6.07 Å². The Morgan fingerprint density at radius 1 is 1.28 bits per heavy atom. The summed E-state index contributed by atoms with van der Waals surface area (Å²) in [5.41, 5.74) is -0.122. The molecule has 0 aliphatic rings. The molecule has 2 aromatic rings. The van der Waals surface area contributed by atoms with Crippen molar-refractivity contribution < 1.29 is 19.4 Å². The first-order chi connectivity index (χ1) is 8.69. The number of rotatable bonds is 4. The highest BCUT2D eigenvalue weighted by molar-refractivity contribution is 5.85. The third kappa shape index (κ3) is 2.73. The van der Waals surface area contributed by atoms with Crippen molar-refractivity contribution in [2.24, 2.45) is 0 Å². The largest absolute Gasteiger partial charge is 0.497 e. The number of carbonyl (C=O) groups is 1. The third-order valence-electron chi connectivity index (χ3n) is 2.10. The molecule has 0 atom stereocenters. The molecule has 0 aliphatic heterocycles. The van der Waals surface area contributed by atoms with Gasteiger partial charge in [-0.25, -0.2) is 9.78 Å². The van der Waals surface area contributed by atoms with Crippen LogP contribution in [0, 0.1) is 0 Å². The molecular weight excluding hydrogens is 236 g/mol. The van der Waals surface area contributed by atoms with Gasteiger partial charge in [0.15, 0.2) is 5.69 Å². The zero-order valence-corrected chi connectivity index (χ0v) is 9.53. The second kappa shape index (κ2) is 5.13. The van der Waals surface area contributed by atoms with Gasteiger partial charge in [0, 0.05) is 12.3 Å². The lowest BCUT2D eigenvalue weighted by Crippen LogP contribution is -2.02. The van der Waals surface area contributed by atoms with Crippen LogP contribution in [0.4, 0.5) is 0 Å². The summed E-state index contributed by atoms with van der Waals surface area (Å²) < 4.78 is 10.4. The van der Waals surface area contributed by atoms with Crippen LogP contribution in [-0.4, -0.2) is 28.2 Å². The highest BCUT2D eigenvalue weighted by Crippen LogP contribution is 2.22. The fourth-order valence-electron chi connectivity index (χ4n) is 1.28. The Labute approximate surface area is 103 Å². The van der Waals surface area contributed by atoms with Crippen LogP contribution in [0.1, 0.15) is 10.5 Å². The van der Waals surface area contributed by atoms with Crippen LogP contribution in [0.3, 0.4) is 0 Å². The molecule has 1 aromatic carbocycles. The minimum Gasteiger partial charge on any atom is -0.497 e. The fraction of sp³-hybridized carbons (Fsp3) is 0.0833. The van der Waals surface area contributed by atoms with Crippen molar-refractivity contribution in [3.63, 3.8) is 0 Å². The molecular formula is C12H10N2O4. The van der Waals surface area contributed by atoms with Crippen molar-refractivity contribution in [1.82, 2.24) is 9.97 Å². The van der Waals surface area contributed by atoms with E-state index >= 15 is 0 Å². The van der Waals surface area contributed by atoms with Gasteiger partial charge >= 0.3 is 12.0 Å². The van der Waals surface area contributed by atoms with E-state index in [1.54, 1.807) is 31.4 Å². The minimum atomic E-state index is -1.13. The normalized spacial score (nSPS) is 9.83. The van der Waals surface area contributed by atoms with Crippen LogP contribution in [0.15, 0.2) is 36.5 Å². The molecule has 92 valence electrons. The summed E-state index contributed by atoms with van der Waals surface area (Å²) in [6.45, 7) is 0. The highest BCUT2D eigenvalue weighted by atomic mass is 16.5. The van der Waals surface area contributed by atoms with Crippen LogP contribution in [0.25, 0.3) is 0 Å². The van der Waals surface area contributed by atoms with Gasteiger partial charge in [-0.3, -0.25) is 0 Å². The first kappa shape index (κ1) is 11.8. The zero-order valence-electron chi connectivity index (χ0n) is 9.53. The number of hydrogen-bond donors (Lipinski definition) is 1. The van der Waals surface area contributed by atoms with E-state index in [2.05, 4.69) is 9.97 Å². The van der Waals surface area contributed by atoms with Gasteiger partial charge in [0.05, 0.1) is 7.11 Å². The van der Waals surface area contributed by atoms with E-state index in [1.165, 1.54) is 12.3 Å². The lowest BCUT2D eigenvalue weighted by atomic mass is 10.3. The molecule has 0 spiro atoms. The van der Waals surface area contributed by atoms with E-state index < -0.39 is 5.97 Å². The summed E-state index contributed by atoms with van der Waals surface area (Å²) in [5.74, 6) is -0.0355. The Balaban J connectivity index is 2.22. The molecule has 0 unspecified atom stereocenters. The van der Waals surface area contributed by atoms with Gasteiger partial charge in [0.25, 0.3) is 0 Å². The fourth-order valence-corrected chi connectivity index (χ4v) is 1.28. The predicted octanol–water partition coefficient (Wildman–Crippen LogP) is 1.98. The second-order valence-electron chi connectivity index (χ2n) is 3.31. The minimum absolute atomic E-state index is 0.0249. The smallest absolute Gasteiger partial charge is 0.354 e. The summed E-state index contributed by atoms with van der Waals surface area (Å²) in [4.78, 5) is 18.3. The molecule has 0 bridgehead atoms. The number of benzene rings is 1. The number of ether oxygens (including phenoxy) is 2. The highest BCUT2D eigenvalue weighted by Gasteiger charge is 2.08. The van der Waals surface area contributed by atoms with Crippen molar-refractivity contribution in [3.05, 3.63) is 42.2 Å². The molecule has 0 aliphatic carbocycles. The molecule has 0 saturated carbocycles. The van der Waals surface area contributed by atoms with Crippen molar-refractivity contribution in [3.8, 4) is 17.5 Å². The first-order valence-corrected chi connectivity index (χ1v) is 5.07. The lowest BCUT2D eigenvalue weighted by molar-refractivity contribution is 0.0689. The van der Waals surface area contributed by atoms with Gasteiger partial charge in [-0.05, 0) is 18.2 Å². The van der Waals surface area contributed by atoms with E-state index in [0.29, 0.717) is 11.5 Å². The Kier molecular flexibility index (Phi) is 3.38. The monoisotopic (exact) mass is 246 g/mol. The van der Waals surface area contributed by atoms with E-state index in [-0.39, 0.29) is 11.7 Å². The molecule has 0 fully saturated rings. The van der Waals surface area contributed by atoms with Crippen LogP contribution in [0.5, 0.6) is 17.5 Å². The molecule has 0 radical (unpaired) electrons. The molecule has 0 amide bonds. The SMILES string of the molecule is COc1cccc(Oc2nccc(C(=O)O)n2)c1. The zero-order chi connectivity index (χ0) is 13.0. The molecule has 1 aromatic heterocycles. The van der Waals surface area contributed by atoms with Crippen LogP contribution in [-0.2, 0) is 0 Å². The van der Waals surface area contributed by atoms with Crippen molar-refractivity contribution in [2.75, 3.05) is 7.11 Å². The number of carboxylic acid groups (broad SMARTS) is 1. The van der Waals surface area contributed by atoms with Gasteiger partial charge in [-0.15, -0.1) is 0 Å². The molecule has 6 heteroatoms. The maximum absolute atomic E-state index is 10.7. The van der Waals surface area contributed by atoms with Gasteiger partial charge < -0.3 is 14.6 Å². The predicted molar refractivity (Wildman–Crippen MR) is 62.1 cm³/mol. The molecule has 1 N–H and O–H groups in total. The number of aromatic nitrogens is 2. The summed E-state index contributed by atoms with van der Waals surface area (Å²) in [6.07, 6.45) is 1.33. The summed E-state index contributed by atoms with van der Waals surface area (Å²) >= 11 is 0. The van der Waals surface area contributed by atoms with Gasteiger partial charge in [0.1, 0.15) is 11.5 Å². The standard InChI is InChI=1S/C12H10N2O4/c1-17-8-3-2-4-9(7-8)18-12-13-6-5-10(14-12)11(15)16/h2-7H,1H3,(H,15,16). The van der Waals surface area contributed by atoms with Gasteiger partial charge in [-0.2, -0.15) is 4.98 Å². The number of nitrogens with zero attached hydrogens (tertiary/aromatic N) is 2. The van der Waals surface area contributed by atoms with Crippen LogP contribution < -0.4 is 9.47 Å². The number of hydrogen-bond acceptors (Lipinski definition) is 5. The Hall–Kier alpha value is -2.63. The van der Waals surface area contributed by atoms with Crippen molar-refractivity contribution in [2.45, 2.75) is 0 Å². The van der Waals surface area contributed by atoms with Crippen LogP contribution >= 0.6 is 0 Å². The van der Waals surface area contributed by atoms with Crippen molar-refractivity contribution in [1.29, 1.82) is 0 Å². The summed E-state index contributed by atoms with van der Waals surface area (Å²) in [7, 11) is 1.54. The van der Waals surface area contributed by atoms with E-state index in [9.17, 15) is 4.79 Å². The molecule has 2 rings (SSSR count). The average Bonchev–Trinajstić information content (AvgIpc) is 2.39.